The number of nitrogens with one attached hydrogen (secondary N) is 2. The van der Waals surface area contributed by atoms with Crippen LogP contribution in [-0.4, -0.2) is 21.7 Å². The summed E-state index contributed by atoms with van der Waals surface area (Å²) >= 11 is 0. The Kier molecular flexibility index (Phi) is 3.43. The van der Waals surface area contributed by atoms with Gasteiger partial charge < -0.3 is 10.1 Å². The maximum atomic E-state index is 11.7. The molecule has 1 aromatic carbocycles. The van der Waals surface area contributed by atoms with Crippen LogP contribution in [0.25, 0.3) is 0 Å². The Balaban J connectivity index is 2.04. The Morgan fingerprint density at radius 3 is 2.61 bits per heavy atom. The molecule has 0 fully saturated rings. The van der Waals surface area contributed by atoms with Crippen molar-refractivity contribution in [2.75, 3.05) is 0 Å². The predicted molar refractivity (Wildman–Crippen MR) is 68.6 cm³/mol. The average molecular weight is 243 g/mol. The zero-order valence-corrected chi connectivity index (χ0v) is 9.84. The number of aromatic amines is 1. The van der Waals surface area contributed by atoms with Crippen LogP contribution in [0.1, 0.15) is 23.0 Å². The smallest absolute Gasteiger partial charge is 0.271 e. The van der Waals surface area contributed by atoms with Crippen molar-refractivity contribution in [3.8, 4) is 5.75 Å². The molecule has 18 heavy (non-hydrogen) atoms. The van der Waals surface area contributed by atoms with E-state index in [0.29, 0.717) is 11.3 Å². The van der Waals surface area contributed by atoms with Crippen LogP contribution in [0, 0.1) is 0 Å². The Bertz CT molecular complexity index is 556. The van der Waals surface area contributed by atoms with Gasteiger partial charge in [-0.1, -0.05) is 0 Å². The number of aromatic hydroxyl groups is 1. The molecular weight excluding hydrogens is 230 g/mol. The number of benzene rings is 1. The number of carbonyl (C=O) groups is 1. The number of hydrogen-bond acceptors (Lipinski definition) is 3. The van der Waals surface area contributed by atoms with Crippen LogP contribution in [-0.2, 0) is 0 Å². The molecule has 2 aromatic rings. The first-order valence-electron chi connectivity index (χ1n) is 5.44. The number of H-pyrrole nitrogens is 1. The standard InChI is InChI=1S/C13H13N3O2/c1-9(12-3-2-8-14-12)15-16-13(18)10-4-6-11(17)7-5-10/h2-8,14,17H,1H3,(H,16,18)/b15-9+. The van der Waals surface area contributed by atoms with E-state index in [9.17, 15) is 4.79 Å². The van der Waals surface area contributed by atoms with E-state index in [4.69, 9.17) is 5.11 Å². The second-order valence-electron chi connectivity index (χ2n) is 3.77. The fraction of sp³-hybridized carbons (Fsp3) is 0.0769. The number of hydrazone groups is 1. The molecule has 92 valence electrons. The van der Waals surface area contributed by atoms with Gasteiger partial charge in [-0.3, -0.25) is 4.79 Å². The minimum atomic E-state index is -0.319. The van der Waals surface area contributed by atoms with Crippen LogP contribution < -0.4 is 5.43 Å². The number of nitrogens with zero attached hydrogens (tertiary/aromatic N) is 1. The van der Waals surface area contributed by atoms with Crippen molar-refractivity contribution in [1.82, 2.24) is 10.4 Å². The second kappa shape index (κ2) is 5.18. The second-order valence-corrected chi connectivity index (χ2v) is 3.77. The van der Waals surface area contributed by atoms with Crippen LogP contribution in [0.2, 0.25) is 0 Å². The predicted octanol–water partition coefficient (Wildman–Crippen LogP) is 1.87. The first kappa shape index (κ1) is 11.9. The number of hydrogen-bond donors (Lipinski definition) is 3. The summed E-state index contributed by atoms with van der Waals surface area (Å²) in [5.41, 5.74) is 4.43. The molecule has 0 spiro atoms. The van der Waals surface area contributed by atoms with Crippen LogP contribution in [0.5, 0.6) is 5.75 Å². The van der Waals surface area contributed by atoms with E-state index in [-0.39, 0.29) is 11.7 Å². The highest BCUT2D eigenvalue weighted by Gasteiger charge is 2.04. The number of carbonyl (C=O) groups excluding carboxylic acids is 1. The summed E-state index contributed by atoms with van der Waals surface area (Å²) in [5.74, 6) is -0.196. The maximum absolute atomic E-state index is 11.7. The molecule has 0 aliphatic carbocycles. The minimum Gasteiger partial charge on any atom is -0.508 e. The average Bonchev–Trinajstić information content (AvgIpc) is 2.90. The monoisotopic (exact) mass is 243 g/mol. The van der Waals surface area contributed by atoms with E-state index in [1.165, 1.54) is 24.3 Å². The third-order valence-corrected chi connectivity index (χ3v) is 2.44. The Morgan fingerprint density at radius 1 is 1.28 bits per heavy atom. The van der Waals surface area contributed by atoms with E-state index in [0.717, 1.165) is 5.69 Å². The molecule has 3 N–H and O–H groups in total. The molecule has 0 saturated carbocycles. The van der Waals surface area contributed by atoms with Crippen LogP contribution in [0.4, 0.5) is 0 Å². The SMILES string of the molecule is C/C(=N\NC(=O)c1ccc(O)cc1)c1ccc[nH]1. The van der Waals surface area contributed by atoms with Gasteiger partial charge >= 0.3 is 0 Å². The summed E-state index contributed by atoms with van der Waals surface area (Å²) < 4.78 is 0. The summed E-state index contributed by atoms with van der Waals surface area (Å²) in [6.07, 6.45) is 1.79. The van der Waals surface area contributed by atoms with E-state index in [1.807, 2.05) is 12.1 Å². The first-order valence-corrected chi connectivity index (χ1v) is 5.44. The summed E-state index contributed by atoms with van der Waals surface area (Å²) in [6.45, 7) is 1.79. The van der Waals surface area contributed by atoms with Gasteiger partial charge in [0, 0.05) is 11.8 Å². The lowest BCUT2D eigenvalue weighted by Gasteiger charge is -2.01. The number of amides is 1. The van der Waals surface area contributed by atoms with Crippen LogP contribution in [0.3, 0.4) is 0 Å². The molecule has 1 amide bonds. The van der Waals surface area contributed by atoms with Crippen molar-refractivity contribution in [3.05, 3.63) is 53.9 Å². The molecule has 0 radical (unpaired) electrons. The molecular formula is C13H13N3O2. The normalized spacial score (nSPS) is 11.3. The van der Waals surface area contributed by atoms with Crippen molar-refractivity contribution in [2.24, 2.45) is 5.10 Å². The van der Waals surface area contributed by atoms with E-state index >= 15 is 0 Å². The van der Waals surface area contributed by atoms with Gasteiger partial charge in [0.25, 0.3) is 5.91 Å². The van der Waals surface area contributed by atoms with Gasteiger partial charge in [0.1, 0.15) is 5.75 Å². The fourth-order valence-corrected chi connectivity index (χ4v) is 1.43. The van der Waals surface area contributed by atoms with Gasteiger partial charge in [0.05, 0.1) is 11.4 Å². The molecule has 2 rings (SSSR count). The van der Waals surface area contributed by atoms with Gasteiger partial charge in [0.2, 0.25) is 0 Å². The highest BCUT2D eigenvalue weighted by molar-refractivity contribution is 5.99. The maximum Gasteiger partial charge on any atom is 0.271 e. The fourth-order valence-electron chi connectivity index (χ4n) is 1.43. The molecule has 5 heteroatoms. The van der Waals surface area contributed by atoms with Crippen molar-refractivity contribution >= 4 is 11.6 Å². The first-order chi connectivity index (χ1) is 8.66. The quantitative estimate of drug-likeness (QED) is 0.568. The zero-order chi connectivity index (χ0) is 13.0. The van der Waals surface area contributed by atoms with Gasteiger partial charge in [-0.05, 0) is 43.3 Å². The lowest BCUT2D eigenvalue weighted by molar-refractivity contribution is 0.0955. The molecule has 0 aliphatic heterocycles. The number of aromatic nitrogens is 1. The molecule has 0 bridgehead atoms. The lowest BCUT2D eigenvalue weighted by Crippen LogP contribution is -2.19. The summed E-state index contributed by atoms with van der Waals surface area (Å²) in [5, 5.41) is 13.1. The van der Waals surface area contributed by atoms with Crippen molar-refractivity contribution in [1.29, 1.82) is 0 Å². The Hall–Kier alpha value is -2.56. The lowest BCUT2D eigenvalue weighted by atomic mass is 10.2. The Labute approximate surface area is 104 Å². The minimum absolute atomic E-state index is 0.123. The summed E-state index contributed by atoms with van der Waals surface area (Å²) in [6, 6.07) is 9.70. The third-order valence-electron chi connectivity index (χ3n) is 2.44. The van der Waals surface area contributed by atoms with E-state index < -0.39 is 0 Å². The largest absolute Gasteiger partial charge is 0.508 e. The highest BCUT2D eigenvalue weighted by atomic mass is 16.3. The molecule has 5 nitrogen and oxygen atoms in total. The molecule has 1 heterocycles. The van der Waals surface area contributed by atoms with E-state index in [1.54, 1.807) is 13.1 Å². The van der Waals surface area contributed by atoms with Crippen LogP contribution >= 0.6 is 0 Å². The van der Waals surface area contributed by atoms with Gasteiger partial charge in [-0.2, -0.15) is 5.10 Å². The summed E-state index contributed by atoms with van der Waals surface area (Å²) in [7, 11) is 0. The third kappa shape index (κ3) is 2.76. The molecule has 1 aromatic heterocycles. The van der Waals surface area contributed by atoms with Crippen molar-refractivity contribution in [2.45, 2.75) is 6.92 Å². The molecule has 0 aliphatic rings. The molecule has 0 unspecified atom stereocenters. The van der Waals surface area contributed by atoms with Crippen molar-refractivity contribution in [3.63, 3.8) is 0 Å². The van der Waals surface area contributed by atoms with Gasteiger partial charge in [-0.25, -0.2) is 5.43 Å². The number of phenolic OH excluding ortho intramolecular Hbond substituents is 1. The van der Waals surface area contributed by atoms with Crippen LogP contribution in [0.15, 0.2) is 47.7 Å². The Morgan fingerprint density at radius 2 is 2.00 bits per heavy atom. The summed E-state index contributed by atoms with van der Waals surface area (Å²) in [4.78, 5) is 14.7. The topological polar surface area (TPSA) is 77.5 Å². The molecule has 0 saturated heterocycles. The number of rotatable bonds is 3. The highest BCUT2D eigenvalue weighted by Crippen LogP contribution is 2.09. The van der Waals surface area contributed by atoms with Gasteiger partial charge in [-0.15, -0.1) is 0 Å². The zero-order valence-electron chi connectivity index (χ0n) is 9.84. The number of phenols is 1. The van der Waals surface area contributed by atoms with Gasteiger partial charge in [0.15, 0.2) is 0 Å². The molecule has 0 atom stereocenters. The van der Waals surface area contributed by atoms with E-state index in [2.05, 4.69) is 15.5 Å². The van der Waals surface area contributed by atoms with Crippen molar-refractivity contribution < 1.29 is 9.90 Å².